The first-order valence-electron chi connectivity index (χ1n) is 2.83. The summed E-state index contributed by atoms with van der Waals surface area (Å²) in [6, 6.07) is 3.50. The lowest BCUT2D eigenvalue weighted by Crippen LogP contribution is -1.96. The van der Waals surface area contributed by atoms with Gasteiger partial charge in [-0.25, -0.2) is 4.79 Å². The van der Waals surface area contributed by atoms with Crippen LogP contribution in [-0.4, -0.2) is 11.1 Å². The van der Waals surface area contributed by atoms with E-state index < -0.39 is 5.97 Å². The summed E-state index contributed by atoms with van der Waals surface area (Å²) >= 11 is 6.67. The van der Waals surface area contributed by atoms with Crippen molar-refractivity contribution < 1.29 is 9.90 Å². The van der Waals surface area contributed by atoms with Gasteiger partial charge < -0.3 is 5.11 Å². The van der Waals surface area contributed by atoms with E-state index in [0.29, 0.717) is 4.88 Å². The van der Waals surface area contributed by atoms with Gasteiger partial charge in [0.1, 0.15) is 0 Å². The summed E-state index contributed by atoms with van der Waals surface area (Å²) in [6.07, 6.45) is 0. The molecule has 4 heteroatoms. The number of rotatable bonds is 2. The van der Waals surface area contributed by atoms with E-state index in [1.165, 1.54) is 11.3 Å². The molecular weight excluding hydrogens is 184 g/mol. The standard InChI is InChI=1S/C7H5ClO2S/c8-4-5(7(9)10)6-2-1-3-11-6/h1-4H,(H,9,10)/b5-4+. The fraction of sp³-hybridized carbons (Fsp3) is 0. The number of carboxylic acid groups (broad SMARTS) is 1. The fourth-order valence-corrected chi connectivity index (χ4v) is 1.65. The summed E-state index contributed by atoms with van der Waals surface area (Å²) < 4.78 is 0. The predicted molar refractivity (Wildman–Crippen MR) is 45.8 cm³/mol. The Morgan fingerprint density at radius 2 is 2.45 bits per heavy atom. The highest BCUT2D eigenvalue weighted by Crippen LogP contribution is 2.20. The zero-order chi connectivity index (χ0) is 8.27. The molecule has 0 aliphatic rings. The van der Waals surface area contributed by atoms with Crippen LogP contribution in [0, 0.1) is 0 Å². The second-order valence-electron chi connectivity index (χ2n) is 1.81. The minimum atomic E-state index is -0.998. The van der Waals surface area contributed by atoms with Crippen molar-refractivity contribution >= 4 is 34.5 Å². The van der Waals surface area contributed by atoms with E-state index in [0.717, 1.165) is 5.54 Å². The van der Waals surface area contributed by atoms with Crippen molar-refractivity contribution in [1.29, 1.82) is 0 Å². The van der Waals surface area contributed by atoms with Crippen molar-refractivity contribution in [2.45, 2.75) is 0 Å². The molecule has 1 aromatic heterocycles. The molecule has 0 bridgehead atoms. The molecule has 11 heavy (non-hydrogen) atoms. The SMILES string of the molecule is O=C(O)/C(=C/Cl)c1cccs1. The van der Waals surface area contributed by atoms with Crippen molar-refractivity contribution in [1.82, 2.24) is 0 Å². The summed E-state index contributed by atoms with van der Waals surface area (Å²) in [5.41, 5.74) is 1.22. The highest BCUT2D eigenvalue weighted by atomic mass is 35.5. The van der Waals surface area contributed by atoms with Gasteiger partial charge in [-0.2, -0.15) is 0 Å². The average Bonchev–Trinajstić information content (AvgIpc) is 2.40. The van der Waals surface area contributed by atoms with Gasteiger partial charge >= 0.3 is 5.97 Å². The van der Waals surface area contributed by atoms with Crippen LogP contribution in [0.15, 0.2) is 23.0 Å². The Labute approximate surface area is 72.7 Å². The molecule has 2 nitrogen and oxygen atoms in total. The van der Waals surface area contributed by atoms with Gasteiger partial charge in [-0.05, 0) is 11.4 Å². The maximum Gasteiger partial charge on any atom is 0.338 e. The fourth-order valence-electron chi connectivity index (χ4n) is 0.638. The first-order chi connectivity index (χ1) is 5.25. The van der Waals surface area contributed by atoms with E-state index in [1.54, 1.807) is 17.5 Å². The molecule has 0 aromatic carbocycles. The third-order valence-corrected chi connectivity index (χ3v) is 2.25. The summed E-state index contributed by atoms with van der Waals surface area (Å²) in [5.74, 6) is -0.998. The van der Waals surface area contributed by atoms with Crippen LogP contribution in [0.25, 0.3) is 5.57 Å². The van der Waals surface area contributed by atoms with Crippen LogP contribution in [-0.2, 0) is 4.79 Å². The Kier molecular flexibility index (Phi) is 2.68. The number of carboxylic acids is 1. The van der Waals surface area contributed by atoms with Gasteiger partial charge in [-0.15, -0.1) is 11.3 Å². The van der Waals surface area contributed by atoms with Gasteiger partial charge in [-0.3, -0.25) is 0 Å². The van der Waals surface area contributed by atoms with E-state index in [2.05, 4.69) is 0 Å². The number of aliphatic carboxylic acids is 1. The molecule has 0 radical (unpaired) electrons. The highest BCUT2D eigenvalue weighted by Gasteiger charge is 2.09. The van der Waals surface area contributed by atoms with Crippen LogP contribution in [0.2, 0.25) is 0 Å². The quantitative estimate of drug-likeness (QED) is 0.724. The Bertz CT molecular complexity index is 277. The van der Waals surface area contributed by atoms with Crippen LogP contribution in [0.3, 0.4) is 0 Å². The normalized spacial score (nSPS) is 11.5. The number of hydrogen-bond donors (Lipinski definition) is 1. The maximum absolute atomic E-state index is 10.5. The van der Waals surface area contributed by atoms with E-state index in [1.807, 2.05) is 0 Å². The lowest BCUT2D eigenvalue weighted by atomic mass is 10.2. The zero-order valence-corrected chi connectivity index (χ0v) is 7.02. The van der Waals surface area contributed by atoms with Gasteiger partial charge in [0.05, 0.1) is 5.57 Å². The van der Waals surface area contributed by atoms with Crippen molar-refractivity contribution in [2.75, 3.05) is 0 Å². The topological polar surface area (TPSA) is 37.3 Å². The molecular formula is C7H5ClO2S. The molecule has 0 unspecified atom stereocenters. The first kappa shape index (κ1) is 8.30. The maximum atomic E-state index is 10.5. The molecule has 1 heterocycles. The molecule has 1 N–H and O–H groups in total. The molecule has 0 amide bonds. The van der Waals surface area contributed by atoms with Crippen LogP contribution in [0.1, 0.15) is 4.88 Å². The Morgan fingerprint density at radius 1 is 1.73 bits per heavy atom. The highest BCUT2D eigenvalue weighted by molar-refractivity contribution is 7.11. The Hall–Kier alpha value is -0.800. The predicted octanol–water partition coefficient (Wildman–Crippen LogP) is 2.41. The second kappa shape index (κ2) is 3.55. The van der Waals surface area contributed by atoms with Crippen molar-refractivity contribution in [2.24, 2.45) is 0 Å². The van der Waals surface area contributed by atoms with E-state index in [4.69, 9.17) is 16.7 Å². The molecule has 0 atom stereocenters. The Morgan fingerprint density at radius 3 is 2.82 bits per heavy atom. The van der Waals surface area contributed by atoms with Gasteiger partial charge in [-0.1, -0.05) is 17.7 Å². The Balaban J connectivity index is 2.99. The molecule has 0 saturated heterocycles. The molecule has 1 aromatic rings. The van der Waals surface area contributed by atoms with Gasteiger partial charge in [0, 0.05) is 10.4 Å². The van der Waals surface area contributed by atoms with Crippen molar-refractivity contribution in [3.05, 3.63) is 27.9 Å². The average molecular weight is 189 g/mol. The van der Waals surface area contributed by atoms with Gasteiger partial charge in [0.25, 0.3) is 0 Å². The van der Waals surface area contributed by atoms with Crippen molar-refractivity contribution in [3.8, 4) is 0 Å². The number of halogens is 1. The number of thiophene rings is 1. The van der Waals surface area contributed by atoms with Crippen molar-refractivity contribution in [3.63, 3.8) is 0 Å². The van der Waals surface area contributed by atoms with E-state index in [9.17, 15) is 4.79 Å². The largest absolute Gasteiger partial charge is 0.478 e. The summed E-state index contributed by atoms with van der Waals surface area (Å²) in [6.45, 7) is 0. The molecule has 0 fully saturated rings. The lowest BCUT2D eigenvalue weighted by molar-refractivity contribution is -0.130. The molecule has 0 saturated carbocycles. The zero-order valence-electron chi connectivity index (χ0n) is 5.45. The monoisotopic (exact) mass is 188 g/mol. The molecule has 0 spiro atoms. The van der Waals surface area contributed by atoms with Crippen LogP contribution in [0.4, 0.5) is 0 Å². The lowest BCUT2D eigenvalue weighted by Gasteiger charge is -1.93. The summed E-state index contributed by atoms with van der Waals surface area (Å²) in [7, 11) is 0. The first-order valence-corrected chi connectivity index (χ1v) is 4.15. The number of carbonyl (C=O) groups is 1. The molecule has 1 rings (SSSR count). The second-order valence-corrected chi connectivity index (χ2v) is 2.97. The van der Waals surface area contributed by atoms with Crippen LogP contribution >= 0.6 is 22.9 Å². The molecule has 0 aliphatic heterocycles. The molecule has 0 aliphatic carbocycles. The van der Waals surface area contributed by atoms with Crippen LogP contribution < -0.4 is 0 Å². The van der Waals surface area contributed by atoms with Crippen LogP contribution in [0.5, 0.6) is 0 Å². The molecule has 58 valence electrons. The van der Waals surface area contributed by atoms with Gasteiger partial charge in [0.2, 0.25) is 0 Å². The smallest absolute Gasteiger partial charge is 0.338 e. The van der Waals surface area contributed by atoms with E-state index in [-0.39, 0.29) is 5.57 Å². The minimum Gasteiger partial charge on any atom is -0.478 e. The summed E-state index contributed by atoms with van der Waals surface area (Å²) in [5, 5.41) is 10.4. The minimum absolute atomic E-state index is 0.140. The van der Waals surface area contributed by atoms with Gasteiger partial charge in [0.15, 0.2) is 0 Å². The summed E-state index contributed by atoms with van der Waals surface area (Å²) in [4.78, 5) is 11.2. The third kappa shape index (κ3) is 1.82. The number of hydrogen-bond acceptors (Lipinski definition) is 2. The third-order valence-electron chi connectivity index (χ3n) is 1.13. The van der Waals surface area contributed by atoms with E-state index >= 15 is 0 Å².